The topological polar surface area (TPSA) is 63.6 Å². The van der Waals surface area contributed by atoms with Crippen LogP contribution in [-0.2, 0) is 0 Å². The molecule has 128 valence electrons. The lowest BCUT2D eigenvalue weighted by Crippen LogP contribution is -2.25. The Morgan fingerprint density at radius 3 is 2.46 bits per heavy atom. The van der Waals surface area contributed by atoms with E-state index < -0.39 is 0 Å². The third kappa shape index (κ3) is 3.01. The molecule has 0 fully saturated rings. The molecule has 1 N–H and O–H groups in total. The van der Waals surface area contributed by atoms with Crippen LogP contribution in [0.15, 0.2) is 41.7 Å². The highest BCUT2D eigenvalue weighted by Crippen LogP contribution is 2.38. The third-order valence-electron chi connectivity index (χ3n) is 4.79. The van der Waals surface area contributed by atoms with Gasteiger partial charge >= 0.3 is 0 Å². The molecule has 1 atom stereocenters. The van der Waals surface area contributed by atoms with Crippen LogP contribution in [0.5, 0.6) is 5.75 Å². The van der Waals surface area contributed by atoms with Crippen molar-refractivity contribution in [2.75, 3.05) is 7.11 Å². The molecule has 0 radical (unpaired) electrons. The molecule has 24 heavy (non-hydrogen) atoms. The smallest absolute Gasteiger partial charge is 0.194 e. The van der Waals surface area contributed by atoms with Crippen molar-refractivity contribution in [1.82, 2.24) is 0 Å². The van der Waals surface area contributed by atoms with Gasteiger partial charge in [0.2, 0.25) is 0 Å². The van der Waals surface area contributed by atoms with Gasteiger partial charge in [0, 0.05) is 17.6 Å². The number of methoxy groups -OCH3 is 1. The molecule has 1 aliphatic rings. The van der Waals surface area contributed by atoms with E-state index in [9.17, 15) is 14.7 Å². The van der Waals surface area contributed by atoms with E-state index in [0.717, 1.165) is 0 Å². The molecule has 0 bridgehead atoms. The van der Waals surface area contributed by atoms with Crippen LogP contribution in [0.25, 0.3) is 0 Å². The van der Waals surface area contributed by atoms with Crippen molar-refractivity contribution >= 4 is 11.6 Å². The fourth-order valence-corrected chi connectivity index (χ4v) is 2.78. The van der Waals surface area contributed by atoms with E-state index in [1.165, 1.54) is 7.11 Å². The standard InChI is InChI=1S/C20H24O4/c1-11(12(2)20(3,4)5)18(22)14-10-15(21)17-13(19(14)23)8-7-9-16(17)24-6/h7-9,12,22H,1,10H2,2-6H3/b18-14-. The van der Waals surface area contributed by atoms with Gasteiger partial charge in [0.25, 0.3) is 0 Å². The number of carbonyl (C=O) groups excluding carboxylic acids is 2. The van der Waals surface area contributed by atoms with Crippen molar-refractivity contribution in [3.8, 4) is 5.75 Å². The number of carbonyl (C=O) groups is 2. The average Bonchev–Trinajstić information content (AvgIpc) is 2.54. The fraction of sp³-hybridized carbons (Fsp3) is 0.400. The SMILES string of the molecule is C=C(/C(O)=C1\CC(=O)c2c(OC)cccc2C1=O)C(C)C(C)(C)C. The maximum absolute atomic E-state index is 12.8. The summed E-state index contributed by atoms with van der Waals surface area (Å²) in [5.74, 6) is -0.404. The minimum atomic E-state index is -0.344. The number of hydrogen-bond acceptors (Lipinski definition) is 4. The predicted octanol–water partition coefficient (Wildman–Crippen LogP) is 4.51. The van der Waals surface area contributed by atoms with Gasteiger partial charge in [-0.2, -0.15) is 0 Å². The molecule has 4 nitrogen and oxygen atoms in total. The molecular formula is C20H24O4. The Bertz CT molecular complexity index is 747. The highest BCUT2D eigenvalue weighted by atomic mass is 16.5. The van der Waals surface area contributed by atoms with E-state index in [2.05, 4.69) is 6.58 Å². The number of ether oxygens (including phenoxy) is 1. The Balaban J connectivity index is 2.53. The number of rotatable bonds is 3. The number of aliphatic hydroxyl groups excluding tert-OH is 1. The van der Waals surface area contributed by atoms with Crippen LogP contribution >= 0.6 is 0 Å². The van der Waals surface area contributed by atoms with Crippen molar-refractivity contribution in [2.45, 2.75) is 34.1 Å². The van der Waals surface area contributed by atoms with Gasteiger partial charge in [-0.1, -0.05) is 46.4 Å². The molecule has 0 aromatic heterocycles. The van der Waals surface area contributed by atoms with Crippen LogP contribution < -0.4 is 4.74 Å². The summed E-state index contributed by atoms with van der Waals surface area (Å²) in [5.41, 5.74) is 1.03. The molecule has 1 unspecified atom stereocenters. The van der Waals surface area contributed by atoms with Gasteiger partial charge in [-0.05, 0) is 23.0 Å². The summed E-state index contributed by atoms with van der Waals surface area (Å²) in [5, 5.41) is 10.6. The molecule has 0 spiro atoms. The first kappa shape index (κ1) is 18.0. The molecule has 0 aliphatic heterocycles. The minimum Gasteiger partial charge on any atom is -0.507 e. The normalized spacial score (nSPS) is 18.0. The Morgan fingerprint density at radius 2 is 1.92 bits per heavy atom. The number of allylic oxidation sites excluding steroid dienone is 2. The monoisotopic (exact) mass is 328 g/mol. The summed E-state index contributed by atoms with van der Waals surface area (Å²) in [6, 6.07) is 4.90. The Morgan fingerprint density at radius 1 is 1.29 bits per heavy atom. The summed E-state index contributed by atoms with van der Waals surface area (Å²) < 4.78 is 5.19. The molecule has 1 aromatic carbocycles. The van der Waals surface area contributed by atoms with Crippen molar-refractivity contribution in [3.63, 3.8) is 0 Å². The van der Waals surface area contributed by atoms with Crippen LogP contribution in [0.4, 0.5) is 0 Å². The third-order valence-corrected chi connectivity index (χ3v) is 4.79. The first-order chi connectivity index (χ1) is 11.1. The quantitative estimate of drug-likeness (QED) is 0.655. The van der Waals surface area contributed by atoms with E-state index in [0.29, 0.717) is 11.3 Å². The number of Topliss-reactive ketones (excluding diaryl/α,β-unsaturated/α-hetero) is 2. The largest absolute Gasteiger partial charge is 0.507 e. The molecule has 1 aromatic rings. The molecule has 0 heterocycles. The maximum Gasteiger partial charge on any atom is 0.194 e. The van der Waals surface area contributed by atoms with E-state index in [-0.39, 0.29) is 51.8 Å². The fourth-order valence-electron chi connectivity index (χ4n) is 2.78. The molecule has 1 aliphatic carbocycles. The van der Waals surface area contributed by atoms with Gasteiger partial charge in [-0.3, -0.25) is 9.59 Å². The molecule has 4 heteroatoms. The van der Waals surface area contributed by atoms with Crippen LogP contribution in [0.1, 0.15) is 54.8 Å². The van der Waals surface area contributed by atoms with E-state index >= 15 is 0 Å². The first-order valence-electron chi connectivity index (χ1n) is 7.95. The second-order valence-corrected chi connectivity index (χ2v) is 7.25. The zero-order valence-corrected chi connectivity index (χ0v) is 14.9. The van der Waals surface area contributed by atoms with E-state index in [4.69, 9.17) is 4.74 Å². The van der Waals surface area contributed by atoms with Gasteiger partial charge in [0.1, 0.15) is 11.5 Å². The van der Waals surface area contributed by atoms with E-state index in [1.54, 1.807) is 18.2 Å². The van der Waals surface area contributed by atoms with Gasteiger partial charge in [0.05, 0.1) is 12.7 Å². The van der Waals surface area contributed by atoms with Crippen molar-refractivity contribution in [1.29, 1.82) is 0 Å². The molecule has 0 saturated carbocycles. The summed E-state index contributed by atoms with van der Waals surface area (Å²) >= 11 is 0. The van der Waals surface area contributed by atoms with Crippen molar-refractivity contribution < 1.29 is 19.4 Å². The van der Waals surface area contributed by atoms with Gasteiger partial charge < -0.3 is 9.84 Å². The second-order valence-electron chi connectivity index (χ2n) is 7.25. The number of ketones is 2. The van der Waals surface area contributed by atoms with Crippen molar-refractivity contribution in [2.24, 2.45) is 11.3 Å². The van der Waals surface area contributed by atoms with Gasteiger partial charge in [-0.15, -0.1) is 0 Å². The number of fused-ring (bicyclic) bond motifs is 1. The minimum absolute atomic E-state index is 0.0420. The number of aliphatic hydroxyl groups is 1. The molecule has 0 amide bonds. The second kappa shape index (κ2) is 6.27. The highest BCUT2D eigenvalue weighted by Gasteiger charge is 2.34. The summed E-state index contributed by atoms with van der Waals surface area (Å²) in [6.45, 7) is 12.0. The summed E-state index contributed by atoms with van der Waals surface area (Å²) in [6.07, 6.45) is -0.145. The van der Waals surface area contributed by atoms with Crippen LogP contribution in [-0.4, -0.2) is 23.8 Å². The number of hydrogen-bond donors (Lipinski definition) is 1. The van der Waals surface area contributed by atoms with Gasteiger partial charge in [0.15, 0.2) is 11.6 Å². The Kier molecular flexibility index (Phi) is 4.70. The zero-order chi connectivity index (χ0) is 18.2. The van der Waals surface area contributed by atoms with Crippen LogP contribution in [0.2, 0.25) is 0 Å². The Labute approximate surface area is 142 Å². The average molecular weight is 328 g/mol. The predicted molar refractivity (Wildman–Crippen MR) is 93.7 cm³/mol. The lowest BCUT2D eigenvalue weighted by Gasteiger charge is -2.30. The maximum atomic E-state index is 12.8. The lowest BCUT2D eigenvalue weighted by molar-refractivity contribution is 0.0927. The van der Waals surface area contributed by atoms with Gasteiger partial charge in [-0.25, -0.2) is 0 Å². The lowest BCUT2D eigenvalue weighted by atomic mass is 9.75. The Hall–Kier alpha value is -2.36. The molecule has 0 saturated heterocycles. The first-order valence-corrected chi connectivity index (χ1v) is 7.95. The number of benzene rings is 1. The van der Waals surface area contributed by atoms with E-state index in [1.807, 2.05) is 27.7 Å². The molecular weight excluding hydrogens is 304 g/mol. The summed E-state index contributed by atoms with van der Waals surface area (Å²) in [7, 11) is 1.46. The van der Waals surface area contributed by atoms with Crippen molar-refractivity contribution in [3.05, 3.63) is 52.8 Å². The molecule has 2 rings (SSSR count). The highest BCUT2D eigenvalue weighted by molar-refractivity contribution is 6.23. The van der Waals surface area contributed by atoms with Crippen LogP contribution in [0.3, 0.4) is 0 Å². The zero-order valence-electron chi connectivity index (χ0n) is 14.9. The summed E-state index contributed by atoms with van der Waals surface area (Å²) in [4.78, 5) is 25.3. The van der Waals surface area contributed by atoms with Crippen LogP contribution in [0, 0.1) is 11.3 Å².